The van der Waals surface area contributed by atoms with Gasteiger partial charge in [-0.05, 0) is 56.0 Å². The Kier molecular flexibility index (Phi) is 7.22. The number of ether oxygens (including phenoxy) is 1. The fourth-order valence-electron chi connectivity index (χ4n) is 3.85. The number of nitrogens with one attached hydrogen (secondary N) is 3. The lowest BCUT2D eigenvalue weighted by atomic mass is 9.85. The fourth-order valence-corrected chi connectivity index (χ4v) is 4.06. The highest BCUT2D eigenvalue weighted by atomic mass is 35.5. The van der Waals surface area contributed by atoms with Crippen molar-refractivity contribution >= 4 is 35.1 Å². The summed E-state index contributed by atoms with van der Waals surface area (Å²) < 4.78 is 18.5. The predicted molar refractivity (Wildman–Crippen MR) is 123 cm³/mol. The van der Waals surface area contributed by atoms with Crippen molar-refractivity contribution in [2.45, 2.75) is 31.7 Å². The summed E-state index contributed by atoms with van der Waals surface area (Å²) in [4.78, 5) is 44.4. The molecule has 2 aromatic carbocycles. The molecule has 4 rings (SSSR count). The number of nitrogens with zero attached hydrogens (tertiary/aromatic N) is 1. The lowest BCUT2D eigenvalue weighted by Crippen LogP contribution is -2.40. The molecular formula is C24H22ClFN4O4. The molecule has 0 radical (unpaired) electrons. The summed E-state index contributed by atoms with van der Waals surface area (Å²) in [6, 6.07) is 12.1. The third-order valence-corrected chi connectivity index (χ3v) is 5.95. The van der Waals surface area contributed by atoms with Crippen LogP contribution >= 0.6 is 11.6 Å². The average molecular weight is 485 g/mol. The summed E-state index contributed by atoms with van der Waals surface area (Å²) >= 11 is 5.98. The Balaban J connectivity index is 1.30. The van der Waals surface area contributed by atoms with Crippen LogP contribution in [0.4, 0.5) is 10.1 Å². The number of amides is 2. The van der Waals surface area contributed by atoms with E-state index >= 15 is 0 Å². The van der Waals surface area contributed by atoms with Gasteiger partial charge in [-0.1, -0.05) is 29.8 Å². The fraction of sp³-hybridized carbons (Fsp3) is 0.250. The van der Waals surface area contributed by atoms with Gasteiger partial charge in [-0.2, -0.15) is 0 Å². The minimum atomic E-state index is -0.738. The second-order valence-corrected chi connectivity index (χ2v) is 8.37. The molecule has 3 N–H and O–H groups in total. The standard InChI is InChI=1S/C24H22ClFN4O4/c25-18-12-15(26)8-11-19(18)30-22(31)14-6-9-16(10-7-14)29-23(32)20-21(28-13-27-20)24(33)34-17-4-2-1-3-5-17/h1-5,8,11-14,16H,6-7,9-10H2,(H,27,28)(H,29,32)(H,30,31)/t14-,16-. The van der Waals surface area contributed by atoms with Crippen molar-refractivity contribution < 1.29 is 23.5 Å². The van der Waals surface area contributed by atoms with E-state index in [0.29, 0.717) is 37.1 Å². The Hall–Kier alpha value is -3.72. The van der Waals surface area contributed by atoms with Crippen molar-refractivity contribution in [3.05, 3.63) is 77.1 Å². The first-order valence-electron chi connectivity index (χ1n) is 10.8. The van der Waals surface area contributed by atoms with Gasteiger partial charge in [0, 0.05) is 12.0 Å². The van der Waals surface area contributed by atoms with E-state index in [1.54, 1.807) is 30.3 Å². The summed E-state index contributed by atoms with van der Waals surface area (Å²) in [6.07, 6.45) is 3.54. The van der Waals surface area contributed by atoms with E-state index in [2.05, 4.69) is 20.6 Å². The van der Waals surface area contributed by atoms with Gasteiger partial charge in [-0.15, -0.1) is 0 Å². The van der Waals surface area contributed by atoms with E-state index in [9.17, 15) is 18.8 Å². The molecular weight excluding hydrogens is 463 g/mol. The zero-order valence-electron chi connectivity index (χ0n) is 18.0. The molecule has 1 saturated carbocycles. The first-order chi connectivity index (χ1) is 16.4. The second kappa shape index (κ2) is 10.5. The van der Waals surface area contributed by atoms with E-state index in [1.165, 1.54) is 18.5 Å². The van der Waals surface area contributed by atoms with Gasteiger partial charge >= 0.3 is 5.97 Å². The molecule has 176 valence electrons. The maximum atomic E-state index is 13.2. The van der Waals surface area contributed by atoms with Crippen molar-refractivity contribution in [1.29, 1.82) is 0 Å². The highest BCUT2D eigenvalue weighted by molar-refractivity contribution is 6.33. The molecule has 1 heterocycles. The lowest BCUT2D eigenvalue weighted by Gasteiger charge is -2.28. The Morgan fingerprint density at radius 3 is 2.50 bits per heavy atom. The van der Waals surface area contributed by atoms with E-state index in [0.717, 1.165) is 6.07 Å². The minimum Gasteiger partial charge on any atom is -0.422 e. The van der Waals surface area contributed by atoms with E-state index < -0.39 is 17.7 Å². The van der Waals surface area contributed by atoms with Gasteiger partial charge in [0.25, 0.3) is 5.91 Å². The van der Waals surface area contributed by atoms with Crippen LogP contribution in [0.2, 0.25) is 5.02 Å². The molecule has 34 heavy (non-hydrogen) atoms. The van der Waals surface area contributed by atoms with Crippen LogP contribution in [-0.2, 0) is 4.79 Å². The number of imidazole rings is 1. The van der Waals surface area contributed by atoms with Crippen molar-refractivity contribution in [2.75, 3.05) is 5.32 Å². The number of para-hydroxylation sites is 1. The normalized spacial score (nSPS) is 17.6. The molecule has 0 aliphatic heterocycles. The number of hydrogen-bond acceptors (Lipinski definition) is 5. The lowest BCUT2D eigenvalue weighted by molar-refractivity contribution is -0.120. The average Bonchev–Trinajstić information content (AvgIpc) is 3.32. The van der Waals surface area contributed by atoms with Crippen molar-refractivity contribution in [2.24, 2.45) is 5.92 Å². The van der Waals surface area contributed by atoms with Crippen LogP contribution < -0.4 is 15.4 Å². The third kappa shape index (κ3) is 5.60. The second-order valence-electron chi connectivity index (χ2n) is 7.96. The predicted octanol–water partition coefficient (Wildman–Crippen LogP) is 4.35. The van der Waals surface area contributed by atoms with E-state index in [4.69, 9.17) is 16.3 Å². The van der Waals surface area contributed by atoms with Crippen LogP contribution in [0.1, 0.15) is 46.7 Å². The topological polar surface area (TPSA) is 113 Å². The number of aromatic amines is 1. The molecule has 8 nitrogen and oxygen atoms in total. The van der Waals surface area contributed by atoms with Crippen LogP contribution in [0.5, 0.6) is 5.75 Å². The number of anilines is 1. The van der Waals surface area contributed by atoms with Gasteiger partial charge in [0.15, 0.2) is 5.69 Å². The van der Waals surface area contributed by atoms with Gasteiger partial charge < -0.3 is 20.4 Å². The van der Waals surface area contributed by atoms with Crippen LogP contribution in [0.25, 0.3) is 0 Å². The Morgan fingerprint density at radius 1 is 1.06 bits per heavy atom. The summed E-state index contributed by atoms with van der Waals surface area (Å²) in [7, 11) is 0. The Morgan fingerprint density at radius 2 is 1.79 bits per heavy atom. The zero-order valence-corrected chi connectivity index (χ0v) is 18.8. The number of benzene rings is 2. The van der Waals surface area contributed by atoms with Crippen molar-refractivity contribution in [3.8, 4) is 5.75 Å². The van der Waals surface area contributed by atoms with Crippen LogP contribution in [0.3, 0.4) is 0 Å². The summed E-state index contributed by atoms with van der Waals surface area (Å²) in [5.74, 6) is -1.79. The van der Waals surface area contributed by atoms with Crippen LogP contribution in [0, 0.1) is 11.7 Å². The number of aromatic nitrogens is 2. The quantitative estimate of drug-likeness (QED) is 0.355. The van der Waals surface area contributed by atoms with E-state index in [1.807, 2.05) is 0 Å². The van der Waals surface area contributed by atoms with Gasteiger partial charge in [-0.25, -0.2) is 14.2 Å². The maximum absolute atomic E-state index is 13.2. The SMILES string of the molecule is O=C(Oc1ccccc1)c1nc[nH]c1C(=O)N[C@H]1CC[C@H](C(=O)Nc2ccc(F)cc2Cl)CC1. The largest absolute Gasteiger partial charge is 0.422 e. The summed E-state index contributed by atoms with van der Waals surface area (Å²) in [5, 5.41) is 5.76. The first-order valence-corrected chi connectivity index (χ1v) is 11.2. The molecule has 0 saturated heterocycles. The zero-order chi connectivity index (χ0) is 24.1. The highest BCUT2D eigenvalue weighted by Crippen LogP contribution is 2.28. The molecule has 0 unspecified atom stereocenters. The summed E-state index contributed by atoms with van der Waals surface area (Å²) in [6.45, 7) is 0. The third-order valence-electron chi connectivity index (χ3n) is 5.64. The van der Waals surface area contributed by atoms with Crippen molar-refractivity contribution in [1.82, 2.24) is 15.3 Å². The molecule has 1 aliphatic carbocycles. The molecule has 3 aromatic rings. The number of carbonyl (C=O) groups is 3. The highest BCUT2D eigenvalue weighted by Gasteiger charge is 2.29. The number of hydrogen-bond donors (Lipinski definition) is 3. The number of halogens is 2. The number of esters is 1. The molecule has 0 atom stereocenters. The first kappa shape index (κ1) is 23.4. The number of rotatable bonds is 6. The van der Waals surface area contributed by atoms with Crippen molar-refractivity contribution in [3.63, 3.8) is 0 Å². The molecule has 2 amide bonds. The van der Waals surface area contributed by atoms with Gasteiger partial charge in [0.1, 0.15) is 17.3 Å². The van der Waals surface area contributed by atoms with Gasteiger partial charge in [-0.3, -0.25) is 9.59 Å². The monoisotopic (exact) mass is 484 g/mol. The Bertz CT molecular complexity index is 1190. The Labute approximate surface area is 199 Å². The van der Waals surface area contributed by atoms with E-state index in [-0.39, 0.29) is 34.3 Å². The minimum absolute atomic E-state index is 0.0201. The molecule has 1 aliphatic rings. The number of carbonyl (C=O) groups excluding carboxylic acids is 3. The van der Waals surface area contributed by atoms with Crippen LogP contribution in [0.15, 0.2) is 54.9 Å². The molecule has 1 fully saturated rings. The molecule has 0 spiro atoms. The van der Waals surface area contributed by atoms with Gasteiger partial charge in [0.05, 0.1) is 17.0 Å². The molecule has 0 bridgehead atoms. The molecule has 1 aromatic heterocycles. The van der Waals surface area contributed by atoms with Gasteiger partial charge in [0.2, 0.25) is 5.91 Å². The smallest absolute Gasteiger partial charge is 0.364 e. The molecule has 10 heteroatoms. The van der Waals surface area contributed by atoms with Crippen LogP contribution in [-0.4, -0.2) is 33.8 Å². The number of H-pyrrole nitrogens is 1. The maximum Gasteiger partial charge on any atom is 0.364 e. The summed E-state index contributed by atoms with van der Waals surface area (Å²) in [5.41, 5.74) is 0.273.